The van der Waals surface area contributed by atoms with Gasteiger partial charge in [0.15, 0.2) is 0 Å². The molecule has 2 nitrogen and oxygen atoms in total. The summed E-state index contributed by atoms with van der Waals surface area (Å²) in [6.07, 6.45) is 0. The molecule has 0 fully saturated rings. The first-order valence-corrected chi connectivity index (χ1v) is 6.91. The van der Waals surface area contributed by atoms with Crippen LogP contribution in [-0.2, 0) is 6.61 Å². The maximum absolute atomic E-state index is 14.1. The van der Waals surface area contributed by atoms with Crippen LogP contribution in [0.5, 0.6) is 5.75 Å². The minimum Gasteiger partial charge on any atom is -0.488 e. The van der Waals surface area contributed by atoms with Crippen LogP contribution in [-0.4, -0.2) is 0 Å². The zero-order valence-corrected chi connectivity index (χ0v) is 12.2. The van der Waals surface area contributed by atoms with Gasteiger partial charge in [0, 0.05) is 21.7 Å². The Morgan fingerprint density at radius 1 is 1.19 bits per heavy atom. The lowest BCUT2D eigenvalue weighted by atomic mass is 9.94. The highest BCUT2D eigenvalue weighted by Crippen LogP contribution is 2.39. The van der Waals surface area contributed by atoms with Crippen molar-refractivity contribution in [3.63, 3.8) is 0 Å². The molecule has 1 heterocycles. The van der Waals surface area contributed by atoms with Crippen molar-refractivity contribution in [2.24, 2.45) is 0 Å². The van der Waals surface area contributed by atoms with Gasteiger partial charge in [-0.1, -0.05) is 22.0 Å². The number of hydrogen-bond donors (Lipinski definition) is 0. The Labute approximate surface area is 128 Å². The van der Waals surface area contributed by atoms with Gasteiger partial charge in [-0.2, -0.15) is 9.65 Å². The number of fused-ring (bicyclic) bond motifs is 2. The van der Waals surface area contributed by atoms with E-state index in [0.29, 0.717) is 11.1 Å². The standard InChI is InChI=1S/C16H8BrF2NO/c17-10-1-3-12-9(5-10)8-21-15-6-11(18)2-4-13(15)16(12)14(19)7-20/h1-6H,8H2. The zero-order valence-electron chi connectivity index (χ0n) is 10.7. The third kappa shape index (κ3) is 2.43. The summed E-state index contributed by atoms with van der Waals surface area (Å²) in [7, 11) is 0. The van der Waals surface area contributed by atoms with Crippen LogP contribution >= 0.6 is 15.9 Å². The van der Waals surface area contributed by atoms with Gasteiger partial charge in [0.2, 0.25) is 5.83 Å². The number of hydrogen-bond acceptors (Lipinski definition) is 2. The average molecular weight is 348 g/mol. The summed E-state index contributed by atoms with van der Waals surface area (Å²) in [6, 6.07) is 10.6. The Balaban J connectivity index is 2.34. The van der Waals surface area contributed by atoms with E-state index in [1.807, 2.05) is 0 Å². The second kappa shape index (κ2) is 5.30. The highest BCUT2D eigenvalue weighted by molar-refractivity contribution is 9.10. The molecule has 3 rings (SSSR count). The first-order chi connectivity index (χ1) is 10.1. The first-order valence-electron chi connectivity index (χ1n) is 6.11. The van der Waals surface area contributed by atoms with Crippen molar-refractivity contribution < 1.29 is 13.5 Å². The van der Waals surface area contributed by atoms with Crippen molar-refractivity contribution in [3.05, 3.63) is 69.2 Å². The molecule has 0 radical (unpaired) electrons. The summed E-state index contributed by atoms with van der Waals surface area (Å²) >= 11 is 3.35. The van der Waals surface area contributed by atoms with Crippen molar-refractivity contribution in [1.82, 2.24) is 0 Å². The van der Waals surface area contributed by atoms with Gasteiger partial charge in [0.1, 0.15) is 24.2 Å². The van der Waals surface area contributed by atoms with E-state index in [0.717, 1.165) is 10.0 Å². The molecule has 0 aliphatic carbocycles. The molecular formula is C16H8BrF2NO. The molecule has 0 saturated heterocycles. The summed E-state index contributed by atoms with van der Waals surface area (Å²) in [6.45, 7) is 0.174. The Morgan fingerprint density at radius 2 is 1.95 bits per heavy atom. The molecular weight excluding hydrogens is 340 g/mol. The summed E-state index contributed by atoms with van der Waals surface area (Å²) in [5.41, 5.74) is 1.80. The maximum atomic E-state index is 14.1. The second-order valence-electron chi connectivity index (χ2n) is 4.53. The molecule has 0 amide bonds. The number of halogens is 3. The number of nitrogens with zero attached hydrogens (tertiary/aromatic N) is 1. The van der Waals surface area contributed by atoms with Crippen LogP contribution < -0.4 is 4.74 Å². The smallest absolute Gasteiger partial charge is 0.208 e. The molecule has 21 heavy (non-hydrogen) atoms. The maximum Gasteiger partial charge on any atom is 0.208 e. The lowest BCUT2D eigenvalue weighted by Gasteiger charge is -2.09. The zero-order chi connectivity index (χ0) is 15.0. The van der Waals surface area contributed by atoms with Crippen molar-refractivity contribution in [2.45, 2.75) is 6.61 Å². The van der Waals surface area contributed by atoms with E-state index in [1.54, 1.807) is 18.2 Å². The fraction of sp³-hybridized carbons (Fsp3) is 0.0625. The summed E-state index contributed by atoms with van der Waals surface area (Å²) in [5, 5.41) is 8.93. The Bertz CT molecular complexity index is 753. The lowest BCUT2D eigenvalue weighted by molar-refractivity contribution is 0.305. The molecule has 2 aromatic rings. The van der Waals surface area contributed by atoms with E-state index >= 15 is 0 Å². The van der Waals surface area contributed by atoms with Crippen molar-refractivity contribution in [1.29, 1.82) is 5.26 Å². The molecule has 0 saturated carbocycles. The Hall–Kier alpha value is -2.19. The topological polar surface area (TPSA) is 33.0 Å². The average Bonchev–Trinajstić information content (AvgIpc) is 2.63. The first kappa shape index (κ1) is 13.8. The molecule has 104 valence electrons. The van der Waals surface area contributed by atoms with Crippen molar-refractivity contribution >= 4 is 21.5 Å². The predicted molar refractivity (Wildman–Crippen MR) is 77.6 cm³/mol. The number of nitriles is 1. The largest absolute Gasteiger partial charge is 0.488 e. The molecule has 0 unspecified atom stereocenters. The summed E-state index contributed by atoms with van der Waals surface area (Å²) in [5.74, 6) is -1.17. The van der Waals surface area contributed by atoms with Gasteiger partial charge >= 0.3 is 0 Å². The minimum absolute atomic E-state index is 0.132. The van der Waals surface area contributed by atoms with Gasteiger partial charge in [0.05, 0.1) is 0 Å². The SMILES string of the molecule is N#CC(F)=C1c2ccc(Br)cc2COc2cc(F)ccc21. The summed E-state index contributed by atoms with van der Waals surface area (Å²) in [4.78, 5) is 0. The second-order valence-corrected chi connectivity index (χ2v) is 5.45. The molecule has 0 atom stereocenters. The molecule has 2 aromatic carbocycles. The van der Waals surface area contributed by atoms with Gasteiger partial charge in [-0.05, 0) is 35.4 Å². The normalized spacial score (nSPS) is 15.1. The van der Waals surface area contributed by atoms with Crippen LogP contribution in [0.3, 0.4) is 0 Å². The predicted octanol–water partition coefficient (Wildman–Crippen LogP) is 4.73. The molecule has 0 bridgehead atoms. The fourth-order valence-corrected chi connectivity index (χ4v) is 2.75. The van der Waals surface area contributed by atoms with Crippen LogP contribution in [0.2, 0.25) is 0 Å². The number of benzene rings is 2. The van der Waals surface area contributed by atoms with E-state index in [4.69, 9.17) is 10.00 Å². The Morgan fingerprint density at radius 3 is 2.71 bits per heavy atom. The summed E-state index contributed by atoms with van der Waals surface area (Å²) < 4.78 is 33.9. The van der Waals surface area contributed by atoms with Gasteiger partial charge in [-0.25, -0.2) is 4.39 Å². The van der Waals surface area contributed by atoms with Gasteiger partial charge < -0.3 is 4.74 Å². The van der Waals surface area contributed by atoms with Crippen molar-refractivity contribution in [3.8, 4) is 11.8 Å². The Kier molecular flexibility index (Phi) is 3.48. The highest BCUT2D eigenvalue weighted by Gasteiger charge is 2.23. The molecule has 1 aliphatic heterocycles. The van der Waals surface area contributed by atoms with E-state index < -0.39 is 11.6 Å². The van der Waals surface area contributed by atoms with E-state index in [1.165, 1.54) is 24.3 Å². The van der Waals surface area contributed by atoms with E-state index in [2.05, 4.69) is 15.9 Å². The van der Waals surface area contributed by atoms with Crippen LogP contribution in [0, 0.1) is 17.1 Å². The quantitative estimate of drug-likeness (QED) is 0.645. The third-order valence-electron chi connectivity index (χ3n) is 3.25. The van der Waals surface area contributed by atoms with E-state index in [9.17, 15) is 8.78 Å². The van der Waals surface area contributed by atoms with E-state index in [-0.39, 0.29) is 17.9 Å². The molecule has 0 aromatic heterocycles. The lowest BCUT2D eigenvalue weighted by Crippen LogP contribution is -1.96. The third-order valence-corrected chi connectivity index (χ3v) is 3.74. The van der Waals surface area contributed by atoms with Gasteiger partial charge in [-0.3, -0.25) is 0 Å². The molecule has 5 heteroatoms. The highest BCUT2D eigenvalue weighted by atomic mass is 79.9. The van der Waals surface area contributed by atoms with Crippen LogP contribution in [0.1, 0.15) is 16.7 Å². The number of rotatable bonds is 0. The van der Waals surface area contributed by atoms with Gasteiger partial charge in [-0.15, -0.1) is 0 Å². The fourth-order valence-electron chi connectivity index (χ4n) is 2.34. The van der Waals surface area contributed by atoms with Crippen LogP contribution in [0.4, 0.5) is 8.78 Å². The molecule has 1 aliphatic rings. The van der Waals surface area contributed by atoms with Crippen molar-refractivity contribution in [2.75, 3.05) is 0 Å². The molecule has 0 N–H and O–H groups in total. The monoisotopic (exact) mass is 347 g/mol. The van der Waals surface area contributed by atoms with Crippen LogP contribution in [0.25, 0.3) is 5.57 Å². The minimum atomic E-state index is -0.920. The number of allylic oxidation sites excluding steroid dienone is 1. The van der Waals surface area contributed by atoms with Gasteiger partial charge in [0.25, 0.3) is 0 Å². The molecule has 0 spiro atoms. The van der Waals surface area contributed by atoms with Crippen LogP contribution in [0.15, 0.2) is 46.7 Å². The number of ether oxygens (including phenoxy) is 1.